The van der Waals surface area contributed by atoms with Gasteiger partial charge in [0.05, 0.1) is 17.1 Å². The summed E-state index contributed by atoms with van der Waals surface area (Å²) in [5.74, 6) is -0.462. The normalized spacial score (nSPS) is 11.4. The molecule has 0 spiro atoms. The summed E-state index contributed by atoms with van der Waals surface area (Å²) in [4.78, 5) is 11.1. The first-order valence-electron chi connectivity index (χ1n) is 4.23. The van der Waals surface area contributed by atoms with Gasteiger partial charge >= 0.3 is 6.18 Å². The van der Waals surface area contributed by atoms with Gasteiger partial charge in [0.25, 0.3) is 0 Å². The molecule has 0 amide bonds. The number of benzene rings is 1. The Morgan fingerprint density at radius 2 is 1.94 bits per heavy atom. The second kappa shape index (κ2) is 4.45. The van der Waals surface area contributed by atoms with Crippen LogP contribution in [0.1, 0.15) is 22.8 Å². The van der Waals surface area contributed by atoms with E-state index in [9.17, 15) is 18.0 Å². The molecule has 0 radical (unpaired) electrons. The Balaban J connectivity index is 3.48. The zero-order valence-corrected chi connectivity index (χ0v) is 10.1. The number of methoxy groups -OCH3 is 1. The molecule has 0 aliphatic rings. The minimum Gasteiger partial charge on any atom is -0.496 e. The Morgan fingerprint density at radius 1 is 1.38 bits per heavy atom. The van der Waals surface area contributed by atoms with Crippen molar-refractivity contribution >= 4 is 21.7 Å². The number of carbonyl (C=O) groups is 1. The molecule has 0 N–H and O–H groups in total. The lowest BCUT2D eigenvalue weighted by molar-refractivity contribution is -0.138. The van der Waals surface area contributed by atoms with Gasteiger partial charge in [-0.1, -0.05) is 0 Å². The van der Waals surface area contributed by atoms with E-state index < -0.39 is 17.5 Å². The molecule has 0 aliphatic heterocycles. The molecule has 0 unspecified atom stereocenters. The van der Waals surface area contributed by atoms with Crippen LogP contribution in [0.15, 0.2) is 16.6 Å². The molecule has 0 bridgehead atoms. The summed E-state index contributed by atoms with van der Waals surface area (Å²) in [5.41, 5.74) is -0.954. The first kappa shape index (κ1) is 13.0. The zero-order chi connectivity index (χ0) is 12.5. The lowest BCUT2D eigenvalue weighted by Crippen LogP contribution is -2.09. The van der Waals surface area contributed by atoms with E-state index in [0.717, 1.165) is 6.07 Å². The zero-order valence-electron chi connectivity index (χ0n) is 8.48. The summed E-state index contributed by atoms with van der Waals surface area (Å²) in [5, 5.41) is 0. The van der Waals surface area contributed by atoms with E-state index >= 15 is 0 Å². The van der Waals surface area contributed by atoms with Gasteiger partial charge in [0.1, 0.15) is 5.75 Å². The number of hydrogen-bond acceptors (Lipinski definition) is 2. The van der Waals surface area contributed by atoms with Crippen LogP contribution in [0.3, 0.4) is 0 Å². The fraction of sp³-hybridized carbons (Fsp3) is 0.300. The molecule has 0 saturated carbocycles. The average Bonchev–Trinajstić information content (AvgIpc) is 2.15. The van der Waals surface area contributed by atoms with Gasteiger partial charge in [-0.3, -0.25) is 4.79 Å². The Morgan fingerprint density at radius 3 is 2.31 bits per heavy atom. The lowest BCUT2D eigenvalue weighted by atomic mass is 10.1. The van der Waals surface area contributed by atoms with E-state index in [1.807, 2.05) is 0 Å². The third-order valence-corrected chi connectivity index (χ3v) is 2.79. The summed E-state index contributed by atoms with van der Waals surface area (Å²) >= 11 is 2.80. The van der Waals surface area contributed by atoms with E-state index in [-0.39, 0.29) is 15.8 Å². The molecular formula is C10H8BrF3O2. The fourth-order valence-electron chi connectivity index (χ4n) is 1.16. The highest BCUT2D eigenvalue weighted by atomic mass is 79.9. The summed E-state index contributed by atoms with van der Waals surface area (Å²) in [6.45, 7) is 1.20. The second-order valence-corrected chi connectivity index (χ2v) is 3.89. The maximum atomic E-state index is 12.6. The smallest absolute Gasteiger partial charge is 0.417 e. The van der Waals surface area contributed by atoms with Gasteiger partial charge < -0.3 is 4.74 Å². The standard InChI is InChI=1S/C10H8BrF3O2/c1-5(15)6-3-7(10(12,13)14)9(11)8(4-6)16-2/h3-4H,1-2H3. The Labute approximate surface area is 98.5 Å². The van der Waals surface area contributed by atoms with E-state index in [2.05, 4.69) is 15.9 Å². The van der Waals surface area contributed by atoms with Crippen molar-refractivity contribution in [1.82, 2.24) is 0 Å². The second-order valence-electron chi connectivity index (χ2n) is 3.09. The highest BCUT2D eigenvalue weighted by Gasteiger charge is 2.35. The number of halogens is 4. The van der Waals surface area contributed by atoms with Crippen molar-refractivity contribution in [3.8, 4) is 5.75 Å². The number of hydrogen-bond donors (Lipinski definition) is 0. The molecule has 16 heavy (non-hydrogen) atoms. The van der Waals surface area contributed by atoms with E-state index in [1.165, 1.54) is 20.1 Å². The van der Waals surface area contributed by atoms with Crippen LogP contribution in [-0.2, 0) is 6.18 Å². The van der Waals surface area contributed by atoms with Gasteiger partial charge in [0, 0.05) is 5.56 Å². The molecule has 0 saturated heterocycles. The van der Waals surface area contributed by atoms with Gasteiger partial charge in [0.15, 0.2) is 5.78 Å². The SMILES string of the molecule is COc1cc(C(C)=O)cc(C(F)(F)F)c1Br. The molecule has 0 atom stereocenters. The number of Topliss-reactive ketones (excluding diaryl/α,β-unsaturated/α-hetero) is 1. The first-order valence-corrected chi connectivity index (χ1v) is 5.02. The molecule has 1 aromatic rings. The molecule has 6 heteroatoms. The summed E-state index contributed by atoms with van der Waals surface area (Å²) < 4.78 is 42.4. The Bertz CT molecular complexity index is 427. The first-order chi connectivity index (χ1) is 7.27. The minimum absolute atomic E-state index is 0.0139. The maximum Gasteiger partial charge on any atom is 0.417 e. The molecule has 0 aromatic heterocycles. The van der Waals surface area contributed by atoms with Crippen molar-refractivity contribution < 1.29 is 22.7 Å². The van der Waals surface area contributed by atoms with Crippen molar-refractivity contribution in [2.24, 2.45) is 0 Å². The Hall–Kier alpha value is -1.04. The number of alkyl halides is 3. The van der Waals surface area contributed by atoms with Gasteiger partial charge in [-0.15, -0.1) is 0 Å². The van der Waals surface area contributed by atoms with Crippen molar-refractivity contribution in [3.63, 3.8) is 0 Å². The molecular weight excluding hydrogens is 289 g/mol. The van der Waals surface area contributed by atoms with Gasteiger partial charge in [0.2, 0.25) is 0 Å². The number of carbonyl (C=O) groups excluding carboxylic acids is 1. The van der Waals surface area contributed by atoms with Crippen molar-refractivity contribution in [1.29, 1.82) is 0 Å². The van der Waals surface area contributed by atoms with Crippen LogP contribution in [-0.4, -0.2) is 12.9 Å². The predicted octanol–water partition coefficient (Wildman–Crippen LogP) is 3.68. The number of rotatable bonds is 2. The summed E-state index contributed by atoms with van der Waals surface area (Å²) in [7, 11) is 1.24. The molecule has 0 fully saturated rings. The van der Waals surface area contributed by atoms with Crippen LogP contribution < -0.4 is 4.74 Å². The van der Waals surface area contributed by atoms with Crippen LogP contribution in [0.2, 0.25) is 0 Å². The van der Waals surface area contributed by atoms with Crippen molar-refractivity contribution in [3.05, 3.63) is 27.7 Å². The topological polar surface area (TPSA) is 26.3 Å². The van der Waals surface area contributed by atoms with E-state index in [0.29, 0.717) is 0 Å². The molecule has 88 valence electrons. The lowest BCUT2D eigenvalue weighted by Gasteiger charge is -2.13. The van der Waals surface area contributed by atoms with Crippen LogP contribution in [0.4, 0.5) is 13.2 Å². The highest BCUT2D eigenvalue weighted by molar-refractivity contribution is 9.10. The third kappa shape index (κ3) is 2.55. The van der Waals surface area contributed by atoms with Crippen LogP contribution >= 0.6 is 15.9 Å². The fourth-order valence-corrected chi connectivity index (χ4v) is 1.77. The largest absolute Gasteiger partial charge is 0.496 e. The molecule has 2 nitrogen and oxygen atoms in total. The summed E-state index contributed by atoms with van der Waals surface area (Å²) in [6, 6.07) is 2.07. The number of ketones is 1. The quantitative estimate of drug-likeness (QED) is 0.778. The predicted molar refractivity (Wildman–Crippen MR) is 55.7 cm³/mol. The van der Waals surface area contributed by atoms with Crippen LogP contribution in [0, 0.1) is 0 Å². The molecule has 0 heterocycles. The van der Waals surface area contributed by atoms with Crippen LogP contribution in [0.5, 0.6) is 5.75 Å². The Kier molecular flexibility index (Phi) is 3.62. The maximum absolute atomic E-state index is 12.6. The van der Waals surface area contributed by atoms with Crippen molar-refractivity contribution in [2.45, 2.75) is 13.1 Å². The molecule has 1 rings (SSSR count). The monoisotopic (exact) mass is 296 g/mol. The molecule has 0 aliphatic carbocycles. The summed E-state index contributed by atoms with van der Waals surface area (Å²) in [6.07, 6.45) is -4.53. The highest BCUT2D eigenvalue weighted by Crippen LogP contribution is 2.40. The minimum atomic E-state index is -4.53. The van der Waals surface area contributed by atoms with Gasteiger partial charge in [-0.2, -0.15) is 13.2 Å². The van der Waals surface area contributed by atoms with E-state index in [4.69, 9.17) is 4.74 Å². The molecule has 1 aromatic carbocycles. The van der Waals surface area contributed by atoms with Gasteiger partial charge in [-0.25, -0.2) is 0 Å². The van der Waals surface area contributed by atoms with Crippen LogP contribution in [0.25, 0.3) is 0 Å². The average molecular weight is 297 g/mol. The van der Waals surface area contributed by atoms with E-state index in [1.54, 1.807) is 0 Å². The van der Waals surface area contributed by atoms with Gasteiger partial charge in [-0.05, 0) is 35.0 Å². The number of ether oxygens (including phenoxy) is 1. The third-order valence-electron chi connectivity index (χ3n) is 1.97. The van der Waals surface area contributed by atoms with Crippen molar-refractivity contribution in [2.75, 3.05) is 7.11 Å².